The molecule has 2 nitrogen and oxygen atoms in total. The Hall–Kier alpha value is -0.860. The molecule has 0 amide bonds. The molecule has 0 aliphatic carbocycles. The van der Waals surface area contributed by atoms with Crippen molar-refractivity contribution in [2.45, 2.75) is 38.6 Å². The maximum absolute atomic E-state index is 3.69. The second-order valence-corrected chi connectivity index (χ2v) is 5.23. The fourth-order valence-electron chi connectivity index (χ4n) is 2.76. The van der Waals surface area contributed by atoms with Gasteiger partial charge in [0.2, 0.25) is 0 Å². The van der Waals surface area contributed by atoms with Gasteiger partial charge in [-0.1, -0.05) is 43.7 Å². The van der Waals surface area contributed by atoms with Crippen LogP contribution in [0.15, 0.2) is 30.3 Å². The Morgan fingerprint density at radius 3 is 2.50 bits per heavy atom. The fourth-order valence-corrected chi connectivity index (χ4v) is 2.76. The van der Waals surface area contributed by atoms with Crippen LogP contribution in [0.1, 0.15) is 44.2 Å². The average molecular weight is 246 g/mol. The Labute approximate surface area is 111 Å². The summed E-state index contributed by atoms with van der Waals surface area (Å²) < 4.78 is 0. The van der Waals surface area contributed by atoms with Crippen LogP contribution < -0.4 is 5.32 Å². The highest BCUT2D eigenvalue weighted by Crippen LogP contribution is 2.15. The first kappa shape index (κ1) is 13.6. The predicted octanol–water partition coefficient (Wildman–Crippen LogP) is 3.21. The van der Waals surface area contributed by atoms with Crippen molar-refractivity contribution in [1.29, 1.82) is 0 Å². The number of benzene rings is 1. The van der Waals surface area contributed by atoms with Gasteiger partial charge in [-0.3, -0.25) is 0 Å². The van der Waals surface area contributed by atoms with E-state index in [0.717, 1.165) is 13.0 Å². The summed E-state index contributed by atoms with van der Waals surface area (Å²) in [6, 6.07) is 11.3. The van der Waals surface area contributed by atoms with Crippen molar-refractivity contribution in [2.75, 3.05) is 26.2 Å². The first-order valence-electron chi connectivity index (χ1n) is 7.41. The van der Waals surface area contributed by atoms with E-state index < -0.39 is 0 Å². The van der Waals surface area contributed by atoms with Crippen molar-refractivity contribution >= 4 is 0 Å². The third kappa shape index (κ3) is 4.11. The smallest absolute Gasteiger partial charge is 0.0318 e. The number of rotatable bonds is 6. The third-order valence-electron chi connectivity index (χ3n) is 3.88. The van der Waals surface area contributed by atoms with Gasteiger partial charge < -0.3 is 10.2 Å². The summed E-state index contributed by atoms with van der Waals surface area (Å²) in [6.07, 6.45) is 5.35. The Bertz CT molecular complexity index is 317. The zero-order valence-electron chi connectivity index (χ0n) is 11.6. The highest BCUT2D eigenvalue weighted by Gasteiger charge is 2.11. The van der Waals surface area contributed by atoms with Gasteiger partial charge in [-0.05, 0) is 37.9 Å². The molecule has 18 heavy (non-hydrogen) atoms. The summed E-state index contributed by atoms with van der Waals surface area (Å²) in [5, 5.41) is 3.69. The number of hydrogen-bond donors (Lipinski definition) is 1. The van der Waals surface area contributed by atoms with Gasteiger partial charge in [0.05, 0.1) is 0 Å². The van der Waals surface area contributed by atoms with E-state index in [0.29, 0.717) is 6.04 Å². The standard InChI is InChI=1S/C16H26N2/c1-2-16(15-9-5-3-6-10-15)17-11-14-18-12-7-4-8-13-18/h3,5-6,9-10,16-17H,2,4,7-8,11-14H2,1H3. The van der Waals surface area contributed by atoms with Gasteiger partial charge in [-0.15, -0.1) is 0 Å². The molecule has 0 radical (unpaired) electrons. The summed E-state index contributed by atoms with van der Waals surface area (Å²) in [6.45, 7) is 7.15. The molecular weight excluding hydrogens is 220 g/mol. The number of hydrogen-bond acceptors (Lipinski definition) is 2. The molecule has 1 fully saturated rings. The van der Waals surface area contributed by atoms with E-state index in [1.54, 1.807) is 0 Å². The van der Waals surface area contributed by atoms with Crippen molar-refractivity contribution in [3.63, 3.8) is 0 Å². The lowest BCUT2D eigenvalue weighted by Gasteiger charge is -2.27. The molecule has 0 aromatic heterocycles. The molecule has 1 unspecified atom stereocenters. The van der Waals surface area contributed by atoms with Crippen LogP contribution in [0.5, 0.6) is 0 Å². The van der Waals surface area contributed by atoms with E-state index in [9.17, 15) is 0 Å². The maximum Gasteiger partial charge on any atom is 0.0318 e. The minimum atomic E-state index is 0.510. The van der Waals surface area contributed by atoms with Crippen LogP contribution in [0, 0.1) is 0 Å². The maximum atomic E-state index is 3.69. The lowest BCUT2D eigenvalue weighted by Crippen LogP contribution is -2.36. The molecule has 2 heteroatoms. The van der Waals surface area contributed by atoms with Gasteiger partial charge in [0.15, 0.2) is 0 Å². The summed E-state index contributed by atoms with van der Waals surface area (Å²) in [7, 11) is 0. The first-order valence-corrected chi connectivity index (χ1v) is 7.41. The Morgan fingerprint density at radius 1 is 1.11 bits per heavy atom. The van der Waals surface area contributed by atoms with Gasteiger partial charge in [-0.2, -0.15) is 0 Å². The summed E-state index contributed by atoms with van der Waals surface area (Å²) in [5.41, 5.74) is 1.42. The summed E-state index contributed by atoms with van der Waals surface area (Å²) in [5.74, 6) is 0. The molecule has 100 valence electrons. The normalized spacial score (nSPS) is 18.7. The largest absolute Gasteiger partial charge is 0.309 e. The predicted molar refractivity (Wildman–Crippen MR) is 77.8 cm³/mol. The molecule has 1 aromatic carbocycles. The van der Waals surface area contributed by atoms with E-state index in [-0.39, 0.29) is 0 Å². The summed E-state index contributed by atoms with van der Waals surface area (Å²) >= 11 is 0. The molecular formula is C16H26N2. The zero-order chi connectivity index (χ0) is 12.6. The van der Waals surface area contributed by atoms with Crippen LogP contribution in [0.4, 0.5) is 0 Å². The van der Waals surface area contributed by atoms with Gasteiger partial charge in [0.1, 0.15) is 0 Å². The van der Waals surface area contributed by atoms with E-state index >= 15 is 0 Å². The lowest BCUT2D eigenvalue weighted by molar-refractivity contribution is 0.226. The molecule has 1 aliphatic heterocycles. The minimum Gasteiger partial charge on any atom is -0.309 e. The zero-order valence-corrected chi connectivity index (χ0v) is 11.6. The molecule has 1 saturated heterocycles. The Morgan fingerprint density at radius 2 is 1.83 bits per heavy atom. The number of likely N-dealkylation sites (tertiary alicyclic amines) is 1. The molecule has 0 spiro atoms. The second-order valence-electron chi connectivity index (χ2n) is 5.23. The second kappa shape index (κ2) is 7.55. The monoisotopic (exact) mass is 246 g/mol. The van der Waals surface area contributed by atoms with Crippen molar-refractivity contribution in [2.24, 2.45) is 0 Å². The minimum absolute atomic E-state index is 0.510. The molecule has 1 N–H and O–H groups in total. The number of nitrogens with one attached hydrogen (secondary N) is 1. The highest BCUT2D eigenvalue weighted by atomic mass is 15.1. The Kier molecular flexibility index (Phi) is 5.69. The summed E-state index contributed by atoms with van der Waals surface area (Å²) in [4.78, 5) is 2.59. The quantitative estimate of drug-likeness (QED) is 0.829. The molecule has 1 aromatic rings. The van der Waals surface area contributed by atoms with Gasteiger partial charge in [0, 0.05) is 19.1 Å². The van der Waals surface area contributed by atoms with E-state index in [1.807, 2.05) is 0 Å². The van der Waals surface area contributed by atoms with Crippen molar-refractivity contribution in [3.8, 4) is 0 Å². The van der Waals surface area contributed by atoms with E-state index in [4.69, 9.17) is 0 Å². The van der Waals surface area contributed by atoms with Gasteiger partial charge in [0.25, 0.3) is 0 Å². The lowest BCUT2D eigenvalue weighted by atomic mass is 10.0. The highest BCUT2D eigenvalue weighted by molar-refractivity contribution is 5.18. The van der Waals surface area contributed by atoms with Gasteiger partial charge >= 0.3 is 0 Å². The van der Waals surface area contributed by atoms with Gasteiger partial charge in [-0.25, -0.2) is 0 Å². The first-order chi connectivity index (χ1) is 8.90. The van der Waals surface area contributed by atoms with E-state index in [2.05, 4.69) is 47.5 Å². The van der Waals surface area contributed by atoms with Crippen LogP contribution in [0.3, 0.4) is 0 Å². The molecule has 0 saturated carbocycles. The average Bonchev–Trinajstić information content (AvgIpc) is 2.46. The van der Waals surface area contributed by atoms with Crippen LogP contribution in [-0.2, 0) is 0 Å². The van der Waals surface area contributed by atoms with Crippen molar-refractivity contribution < 1.29 is 0 Å². The number of nitrogens with zero attached hydrogens (tertiary/aromatic N) is 1. The topological polar surface area (TPSA) is 15.3 Å². The molecule has 2 rings (SSSR count). The van der Waals surface area contributed by atoms with Crippen LogP contribution in [0.25, 0.3) is 0 Å². The van der Waals surface area contributed by atoms with Crippen LogP contribution in [0.2, 0.25) is 0 Å². The van der Waals surface area contributed by atoms with Crippen molar-refractivity contribution in [1.82, 2.24) is 10.2 Å². The third-order valence-corrected chi connectivity index (χ3v) is 3.88. The molecule has 0 bridgehead atoms. The van der Waals surface area contributed by atoms with Crippen LogP contribution >= 0.6 is 0 Å². The number of piperidine rings is 1. The van der Waals surface area contributed by atoms with Crippen LogP contribution in [-0.4, -0.2) is 31.1 Å². The fraction of sp³-hybridized carbons (Fsp3) is 0.625. The van der Waals surface area contributed by atoms with E-state index in [1.165, 1.54) is 44.5 Å². The molecule has 1 atom stereocenters. The van der Waals surface area contributed by atoms with Crippen molar-refractivity contribution in [3.05, 3.63) is 35.9 Å². The molecule has 1 aliphatic rings. The molecule has 1 heterocycles. The SMILES string of the molecule is CCC(NCCN1CCCCC1)c1ccccc1. The Balaban J connectivity index is 1.73.